The fourth-order valence-electron chi connectivity index (χ4n) is 1.82. The molecular weight excluding hydrogens is 325 g/mol. The molecule has 0 amide bonds. The second kappa shape index (κ2) is 6.81. The lowest BCUT2D eigenvalue weighted by molar-refractivity contribution is 0.280. The molecule has 2 aromatic rings. The molecule has 1 aromatic carbocycles. The molecule has 1 N–H and O–H groups in total. The van der Waals surface area contributed by atoms with Crippen LogP contribution in [0.5, 0.6) is 11.6 Å². The second-order valence-electron chi connectivity index (χ2n) is 4.39. The van der Waals surface area contributed by atoms with Crippen molar-refractivity contribution >= 4 is 15.9 Å². The molecule has 106 valence electrons. The maximum Gasteiger partial charge on any atom is 0.219 e. The zero-order valence-corrected chi connectivity index (χ0v) is 12.7. The van der Waals surface area contributed by atoms with Crippen LogP contribution < -0.4 is 4.74 Å². The molecule has 3 nitrogen and oxygen atoms in total. The van der Waals surface area contributed by atoms with Gasteiger partial charge in [0.25, 0.3) is 0 Å². The number of aliphatic hydroxyl groups is 1. The average Bonchev–Trinajstić information content (AvgIpc) is 2.42. The van der Waals surface area contributed by atoms with E-state index < -0.39 is 5.82 Å². The van der Waals surface area contributed by atoms with Crippen molar-refractivity contribution in [2.75, 3.05) is 0 Å². The summed E-state index contributed by atoms with van der Waals surface area (Å²) >= 11 is 3.19. The van der Waals surface area contributed by atoms with Crippen molar-refractivity contribution < 1.29 is 14.2 Å². The summed E-state index contributed by atoms with van der Waals surface area (Å²) in [6.45, 7) is 1.95. The number of hydrogen-bond donors (Lipinski definition) is 1. The van der Waals surface area contributed by atoms with E-state index in [4.69, 9.17) is 4.74 Å². The third-order valence-corrected chi connectivity index (χ3v) is 3.21. The van der Waals surface area contributed by atoms with Gasteiger partial charge in [0.1, 0.15) is 0 Å². The number of rotatable bonds is 5. The van der Waals surface area contributed by atoms with Crippen LogP contribution in [-0.4, -0.2) is 10.1 Å². The van der Waals surface area contributed by atoms with Crippen LogP contribution in [0.1, 0.15) is 24.6 Å². The van der Waals surface area contributed by atoms with Crippen LogP contribution in [0.3, 0.4) is 0 Å². The molecule has 0 fully saturated rings. The van der Waals surface area contributed by atoms with Crippen molar-refractivity contribution in [2.24, 2.45) is 0 Å². The maximum atomic E-state index is 13.7. The number of aromatic nitrogens is 1. The van der Waals surface area contributed by atoms with E-state index in [1.165, 1.54) is 12.1 Å². The van der Waals surface area contributed by atoms with Crippen molar-refractivity contribution in [1.29, 1.82) is 0 Å². The number of aryl methyl sites for hydroxylation is 1. The molecule has 0 unspecified atom stereocenters. The first kappa shape index (κ1) is 14.9. The summed E-state index contributed by atoms with van der Waals surface area (Å²) in [6, 6.07) is 8.00. The highest BCUT2D eigenvalue weighted by molar-refractivity contribution is 9.10. The van der Waals surface area contributed by atoms with Gasteiger partial charge in [-0.2, -0.15) is 0 Å². The number of hydrogen-bond acceptors (Lipinski definition) is 3. The van der Waals surface area contributed by atoms with Crippen LogP contribution in [0, 0.1) is 5.82 Å². The fourth-order valence-corrected chi connectivity index (χ4v) is 2.15. The fraction of sp³-hybridized carbons (Fsp3) is 0.267. The van der Waals surface area contributed by atoms with Gasteiger partial charge >= 0.3 is 0 Å². The van der Waals surface area contributed by atoms with Crippen molar-refractivity contribution in [3.63, 3.8) is 0 Å². The Hall–Kier alpha value is -1.46. The molecule has 0 saturated carbocycles. The van der Waals surface area contributed by atoms with Crippen LogP contribution in [0.25, 0.3) is 0 Å². The second-order valence-corrected chi connectivity index (χ2v) is 5.31. The molecule has 0 atom stereocenters. The van der Waals surface area contributed by atoms with E-state index in [9.17, 15) is 9.50 Å². The molecule has 0 spiro atoms. The zero-order valence-electron chi connectivity index (χ0n) is 11.1. The van der Waals surface area contributed by atoms with Crippen LogP contribution in [0.2, 0.25) is 0 Å². The Balaban J connectivity index is 2.29. The standard InChI is InChI=1S/C15H15BrFNO2/c1-2-3-12-6-10(9-19)7-15(18-12)20-14-5-4-11(16)8-13(14)17/h4-8,19H,2-3,9H2,1H3. The smallest absolute Gasteiger partial charge is 0.219 e. The van der Waals surface area contributed by atoms with Crippen molar-refractivity contribution in [3.8, 4) is 11.6 Å². The number of pyridine rings is 1. The number of benzene rings is 1. The molecule has 0 saturated heterocycles. The Bertz CT molecular complexity index is 604. The van der Waals surface area contributed by atoms with Gasteiger partial charge in [-0.15, -0.1) is 0 Å². The highest BCUT2D eigenvalue weighted by Gasteiger charge is 2.08. The van der Waals surface area contributed by atoms with E-state index in [1.54, 1.807) is 12.1 Å². The van der Waals surface area contributed by atoms with Gasteiger partial charge in [-0.1, -0.05) is 29.3 Å². The van der Waals surface area contributed by atoms with Gasteiger partial charge < -0.3 is 9.84 Å². The third kappa shape index (κ3) is 3.77. The summed E-state index contributed by atoms with van der Waals surface area (Å²) < 4.78 is 19.9. The van der Waals surface area contributed by atoms with E-state index in [2.05, 4.69) is 20.9 Å². The van der Waals surface area contributed by atoms with Gasteiger partial charge in [0.15, 0.2) is 11.6 Å². The minimum atomic E-state index is -0.465. The molecule has 0 aliphatic rings. The van der Waals surface area contributed by atoms with Gasteiger partial charge in [0.2, 0.25) is 5.88 Å². The van der Waals surface area contributed by atoms with Crippen LogP contribution in [-0.2, 0) is 13.0 Å². The summed E-state index contributed by atoms with van der Waals surface area (Å²) in [5.74, 6) is -0.0629. The Kier molecular flexibility index (Phi) is 5.09. The van der Waals surface area contributed by atoms with Crippen molar-refractivity contribution in [1.82, 2.24) is 4.98 Å². The number of halogens is 2. The minimum absolute atomic E-state index is 0.0988. The van der Waals surface area contributed by atoms with Crippen LogP contribution in [0.15, 0.2) is 34.8 Å². The SMILES string of the molecule is CCCc1cc(CO)cc(Oc2ccc(Br)cc2F)n1. The van der Waals surface area contributed by atoms with Crippen molar-refractivity contribution in [2.45, 2.75) is 26.4 Å². The molecule has 1 aromatic heterocycles. The first-order valence-electron chi connectivity index (χ1n) is 6.36. The summed E-state index contributed by atoms with van der Waals surface area (Å²) in [5.41, 5.74) is 1.53. The number of nitrogens with zero attached hydrogens (tertiary/aromatic N) is 1. The quantitative estimate of drug-likeness (QED) is 0.886. The molecular formula is C15H15BrFNO2. The summed E-state index contributed by atoms with van der Waals surface area (Å²) in [6.07, 6.45) is 1.72. The van der Waals surface area contributed by atoms with Crippen LogP contribution >= 0.6 is 15.9 Å². The molecule has 5 heteroatoms. The lowest BCUT2D eigenvalue weighted by atomic mass is 10.2. The third-order valence-electron chi connectivity index (χ3n) is 2.71. The first-order valence-corrected chi connectivity index (χ1v) is 7.15. The van der Waals surface area contributed by atoms with E-state index >= 15 is 0 Å². The van der Waals surface area contributed by atoms with E-state index in [1.807, 2.05) is 13.0 Å². The Morgan fingerprint density at radius 3 is 2.75 bits per heavy atom. The first-order chi connectivity index (χ1) is 9.62. The molecule has 20 heavy (non-hydrogen) atoms. The van der Waals surface area contributed by atoms with Gasteiger partial charge in [-0.05, 0) is 36.2 Å². The normalized spacial score (nSPS) is 10.6. The van der Waals surface area contributed by atoms with Gasteiger partial charge in [-0.25, -0.2) is 9.37 Å². The summed E-state index contributed by atoms with van der Waals surface area (Å²) in [5, 5.41) is 9.25. The van der Waals surface area contributed by atoms with E-state index in [0.29, 0.717) is 15.9 Å². The Morgan fingerprint density at radius 2 is 2.10 bits per heavy atom. The van der Waals surface area contributed by atoms with Gasteiger partial charge in [0.05, 0.1) is 6.61 Å². The molecule has 0 radical (unpaired) electrons. The largest absolute Gasteiger partial charge is 0.436 e. The minimum Gasteiger partial charge on any atom is -0.436 e. The van der Waals surface area contributed by atoms with E-state index in [-0.39, 0.29) is 12.4 Å². The van der Waals surface area contributed by atoms with Crippen molar-refractivity contribution in [3.05, 3.63) is 51.9 Å². The highest BCUT2D eigenvalue weighted by atomic mass is 79.9. The lowest BCUT2D eigenvalue weighted by Crippen LogP contribution is -1.98. The lowest BCUT2D eigenvalue weighted by Gasteiger charge is -2.09. The Morgan fingerprint density at radius 1 is 1.30 bits per heavy atom. The molecule has 2 rings (SSSR count). The van der Waals surface area contributed by atoms with Gasteiger partial charge in [-0.3, -0.25) is 0 Å². The maximum absolute atomic E-state index is 13.7. The molecule has 0 aliphatic carbocycles. The summed E-state index contributed by atoms with van der Waals surface area (Å²) in [7, 11) is 0. The zero-order chi connectivity index (χ0) is 14.5. The van der Waals surface area contributed by atoms with Crippen LogP contribution in [0.4, 0.5) is 4.39 Å². The number of aliphatic hydroxyl groups excluding tert-OH is 1. The molecule has 0 aliphatic heterocycles. The monoisotopic (exact) mass is 339 g/mol. The highest BCUT2D eigenvalue weighted by Crippen LogP contribution is 2.26. The Labute approximate surface area is 125 Å². The average molecular weight is 340 g/mol. The van der Waals surface area contributed by atoms with E-state index in [0.717, 1.165) is 18.5 Å². The molecule has 0 bridgehead atoms. The predicted octanol–water partition coefficient (Wildman–Crippen LogP) is 4.22. The predicted molar refractivity (Wildman–Crippen MR) is 78.3 cm³/mol. The number of ether oxygens (including phenoxy) is 1. The topological polar surface area (TPSA) is 42.4 Å². The molecule has 1 heterocycles. The van der Waals surface area contributed by atoms with Gasteiger partial charge in [0, 0.05) is 16.2 Å². The summed E-state index contributed by atoms with van der Waals surface area (Å²) in [4.78, 5) is 4.32.